The van der Waals surface area contributed by atoms with Crippen LogP contribution in [0.15, 0.2) is 27.4 Å². The van der Waals surface area contributed by atoms with Crippen LogP contribution in [-0.2, 0) is 13.0 Å². The Balaban J connectivity index is 1.91. The molecular weight excluding hydrogens is 290 g/mol. The molecule has 2 aromatic rings. The molecule has 1 aromatic carbocycles. The van der Waals surface area contributed by atoms with Gasteiger partial charge in [0.15, 0.2) is 0 Å². The van der Waals surface area contributed by atoms with Crippen LogP contribution in [0.2, 0.25) is 0 Å². The van der Waals surface area contributed by atoms with Gasteiger partial charge in [-0.25, -0.2) is 4.79 Å². The number of phenols is 1. The fourth-order valence-corrected chi connectivity index (χ4v) is 3.73. The molecular formula is C19H26NO3+. The fraction of sp³-hybridized carbons (Fsp3) is 0.526. The fourth-order valence-electron chi connectivity index (χ4n) is 3.73. The Bertz CT molecular complexity index is 750. The maximum atomic E-state index is 11.8. The summed E-state index contributed by atoms with van der Waals surface area (Å²) in [5.41, 5.74) is 2.02. The molecule has 3 N–H and O–H groups in total. The van der Waals surface area contributed by atoms with E-state index in [2.05, 4.69) is 12.2 Å². The van der Waals surface area contributed by atoms with Crippen LogP contribution in [0.5, 0.6) is 5.75 Å². The molecule has 4 heteroatoms. The second-order valence-electron chi connectivity index (χ2n) is 6.79. The Morgan fingerprint density at radius 1 is 1.22 bits per heavy atom. The molecule has 0 bridgehead atoms. The van der Waals surface area contributed by atoms with E-state index in [0.29, 0.717) is 11.6 Å². The van der Waals surface area contributed by atoms with Crippen molar-refractivity contribution < 1.29 is 14.8 Å². The summed E-state index contributed by atoms with van der Waals surface area (Å²) in [5.74, 6) is 0.926. The lowest BCUT2D eigenvalue weighted by Gasteiger charge is -2.26. The lowest BCUT2D eigenvalue weighted by atomic mass is 9.86. The molecule has 0 aliphatic heterocycles. The summed E-state index contributed by atoms with van der Waals surface area (Å²) in [6.07, 6.45) is 5.94. The van der Waals surface area contributed by atoms with Gasteiger partial charge in [-0.05, 0) is 37.3 Å². The van der Waals surface area contributed by atoms with Gasteiger partial charge in [0.05, 0.1) is 6.04 Å². The van der Waals surface area contributed by atoms with Crippen molar-refractivity contribution in [2.24, 2.45) is 5.92 Å². The largest absolute Gasteiger partial charge is 0.508 e. The third-order valence-corrected chi connectivity index (χ3v) is 5.23. The molecule has 1 aliphatic rings. The van der Waals surface area contributed by atoms with Crippen LogP contribution < -0.4 is 10.9 Å². The van der Waals surface area contributed by atoms with Crippen LogP contribution in [0.3, 0.4) is 0 Å². The molecule has 0 radical (unpaired) electrons. The van der Waals surface area contributed by atoms with Crippen LogP contribution >= 0.6 is 0 Å². The van der Waals surface area contributed by atoms with Crippen molar-refractivity contribution in [3.63, 3.8) is 0 Å². The second-order valence-corrected chi connectivity index (χ2v) is 6.79. The van der Waals surface area contributed by atoms with Gasteiger partial charge in [0.2, 0.25) is 0 Å². The van der Waals surface area contributed by atoms with Crippen molar-refractivity contribution in [1.29, 1.82) is 0 Å². The molecule has 1 fully saturated rings. The third kappa shape index (κ3) is 3.42. The van der Waals surface area contributed by atoms with Gasteiger partial charge in [0.1, 0.15) is 17.9 Å². The highest BCUT2D eigenvalue weighted by Gasteiger charge is 2.24. The van der Waals surface area contributed by atoms with E-state index in [0.717, 1.165) is 35.4 Å². The monoisotopic (exact) mass is 316 g/mol. The maximum absolute atomic E-state index is 11.8. The van der Waals surface area contributed by atoms with Crippen molar-refractivity contribution in [1.82, 2.24) is 0 Å². The topological polar surface area (TPSA) is 67.0 Å². The third-order valence-electron chi connectivity index (χ3n) is 5.23. The predicted octanol–water partition coefficient (Wildman–Crippen LogP) is 2.70. The Kier molecular flexibility index (Phi) is 4.71. The van der Waals surface area contributed by atoms with Crippen molar-refractivity contribution in [3.8, 4) is 5.75 Å². The summed E-state index contributed by atoms with van der Waals surface area (Å²) in [7, 11) is 0. The van der Waals surface area contributed by atoms with Crippen LogP contribution in [0.4, 0.5) is 0 Å². The molecule has 4 nitrogen and oxygen atoms in total. The van der Waals surface area contributed by atoms with Crippen LogP contribution in [0.1, 0.15) is 50.7 Å². The van der Waals surface area contributed by atoms with Gasteiger partial charge in [-0.2, -0.15) is 0 Å². The van der Waals surface area contributed by atoms with Crippen LogP contribution in [0.25, 0.3) is 11.0 Å². The SMILES string of the molecule is CCc1cc2c(C[NH2+][C@@H]3CCCC[C@H]3C)cc(=O)oc2cc1O. The molecule has 124 valence electrons. The second kappa shape index (κ2) is 6.75. The first-order valence-corrected chi connectivity index (χ1v) is 8.70. The summed E-state index contributed by atoms with van der Waals surface area (Å²) in [5, 5.41) is 13.3. The number of benzene rings is 1. The lowest BCUT2D eigenvalue weighted by molar-refractivity contribution is -0.712. The molecule has 1 saturated carbocycles. The quantitative estimate of drug-likeness (QED) is 0.852. The van der Waals surface area contributed by atoms with Crippen molar-refractivity contribution in [2.45, 2.75) is 58.5 Å². The van der Waals surface area contributed by atoms with Gasteiger partial charge in [0, 0.05) is 29.0 Å². The first kappa shape index (κ1) is 16.1. The Hall–Kier alpha value is -1.81. The number of fused-ring (bicyclic) bond motifs is 1. The zero-order valence-electron chi connectivity index (χ0n) is 14.0. The van der Waals surface area contributed by atoms with Gasteiger partial charge >= 0.3 is 5.63 Å². The summed E-state index contributed by atoms with van der Waals surface area (Å²) < 4.78 is 5.27. The highest BCUT2D eigenvalue weighted by Crippen LogP contribution is 2.27. The van der Waals surface area contributed by atoms with E-state index in [-0.39, 0.29) is 11.4 Å². The standard InChI is InChI=1S/C19H25NO3/c1-3-13-8-15-14(9-19(22)23-18(15)10-17(13)21)11-20-16-7-5-4-6-12(16)2/h8-10,12,16,20-21H,3-7,11H2,1-2H3/p+1/t12-,16-/m1/s1. The molecule has 1 heterocycles. The van der Waals surface area contributed by atoms with E-state index in [1.807, 2.05) is 13.0 Å². The van der Waals surface area contributed by atoms with Gasteiger partial charge in [-0.15, -0.1) is 0 Å². The number of aromatic hydroxyl groups is 1. The van der Waals surface area contributed by atoms with Crippen molar-refractivity contribution in [2.75, 3.05) is 0 Å². The van der Waals surface area contributed by atoms with Gasteiger partial charge in [-0.3, -0.25) is 0 Å². The Morgan fingerprint density at radius 2 is 2.00 bits per heavy atom. The number of hydrogen-bond acceptors (Lipinski definition) is 3. The van der Waals surface area contributed by atoms with Gasteiger partial charge < -0.3 is 14.8 Å². The smallest absolute Gasteiger partial charge is 0.336 e. The number of hydrogen-bond donors (Lipinski definition) is 2. The zero-order chi connectivity index (χ0) is 16.4. The van der Waals surface area contributed by atoms with E-state index < -0.39 is 0 Å². The highest BCUT2D eigenvalue weighted by atomic mass is 16.4. The number of rotatable bonds is 4. The lowest BCUT2D eigenvalue weighted by Crippen LogP contribution is -2.90. The summed E-state index contributed by atoms with van der Waals surface area (Å²) in [6, 6.07) is 5.76. The summed E-state index contributed by atoms with van der Waals surface area (Å²) in [6.45, 7) is 5.12. The van der Waals surface area contributed by atoms with Crippen LogP contribution in [-0.4, -0.2) is 11.1 Å². The molecule has 0 unspecified atom stereocenters. The van der Waals surface area contributed by atoms with E-state index in [9.17, 15) is 9.90 Å². The van der Waals surface area contributed by atoms with Gasteiger partial charge in [0.25, 0.3) is 0 Å². The molecule has 2 atom stereocenters. The van der Waals surface area contributed by atoms with Crippen molar-refractivity contribution >= 4 is 11.0 Å². The molecule has 1 aromatic heterocycles. The Morgan fingerprint density at radius 3 is 2.74 bits per heavy atom. The van der Waals surface area contributed by atoms with Crippen molar-refractivity contribution in [3.05, 3.63) is 39.7 Å². The number of quaternary nitrogens is 1. The highest BCUT2D eigenvalue weighted by molar-refractivity contribution is 5.82. The van der Waals surface area contributed by atoms with Crippen LogP contribution in [0, 0.1) is 5.92 Å². The molecule has 0 amide bonds. The number of nitrogens with two attached hydrogens (primary N) is 1. The molecule has 3 rings (SSSR count). The number of aryl methyl sites for hydroxylation is 1. The Labute approximate surface area is 136 Å². The normalized spacial score (nSPS) is 21.7. The average Bonchev–Trinajstić information content (AvgIpc) is 2.53. The van der Waals surface area contributed by atoms with E-state index in [4.69, 9.17) is 4.42 Å². The molecule has 0 spiro atoms. The maximum Gasteiger partial charge on any atom is 0.336 e. The first-order valence-electron chi connectivity index (χ1n) is 8.70. The minimum Gasteiger partial charge on any atom is -0.508 e. The average molecular weight is 316 g/mol. The minimum absolute atomic E-state index is 0.199. The molecule has 23 heavy (non-hydrogen) atoms. The first-order chi connectivity index (χ1) is 11.1. The molecule has 1 aliphatic carbocycles. The predicted molar refractivity (Wildman–Crippen MR) is 90.6 cm³/mol. The summed E-state index contributed by atoms with van der Waals surface area (Å²) >= 11 is 0. The van der Waals surface area contributed by atoms with E-state index in [1.54, 1.807) is 12.1 Å². The zero-order valence-corrected chi connectivity index (χ0v) is 14.0. The van der Waals surface area contributed by atoms with Gasteiger partial charge in [-0.1, -0.05) is 20.3 Å². The minimum atomic E-state index is -0.346. The molecule has 0 saturated heterocycles. The summed E-state index contributed by atoms with van der Waals surface area (Å²) in [4.78, 5) is 11.8. The number of phenolic OH excluding ortho intramolecular Hbond substituents is 1. The van der Waals surface area contributed by atoms with E-state index in [1.165, 1.54) is 25.7 Å². The van der Waals surface area contributed by atoms with E-state index >= 15 is 0 Å².